The Labute approximate surface area is 118 Å². The minimum Gasteiger partial charge on any atom is -0.342 e. The van der Waals surface area contributed by atoms with E-state index in [2.05, 4.69) is 33.0 Å². The van der Waals surface area contributed by atoms with Gasteiger partial charge >= 0.3 is 0 Å². The molecule has 1 amide bonds. The van der Waals surface area contributed by atoms with Crippen LogP contribution in [0.4, 0.5) is 0 Å². The lowest BCUT2D eigenvalue weighted by Gasteiger charge is -2.20. The molecule has 1 saturated carbocycles. The summed E-state index contributed by atoms with van der Waals surface area (Å²) < 4.78 is 0. The number of carbonyl (C=O) groups is 1. The molecule has 1 N–H and O–H groups in total. The number of rotatable bonds is 4. The summed E-state index contributed by atoms with van der Waals surface area (Å²) in [6.45, 7) is 12.7. The van der Waals surface area contributed by atoms with Gasteiger partial charge in [0.25, 0.3) is 0 Å². The fourth-order valence-electron chi connectivity index (χ4n) is 3.60. The molecule has 0 atom stereocenters. The van der Waals surface area contributed by atoms with Crippen LogP contribution >= 0.6 is 0 Å². The Hall–Kier alpha value is -0.570. The van der Waals surface area contributed by atoms with Crippen LogP contribution in [-0.4, -0.2) is 37.0 Å². The zero-order valence-corrected chi connectivity index (χ0v) is 13.1. The van der Waals surface area contributed by atoms with E-state index in [1.807, 2.05) is 4.90 Å². The molecular formula is C16H30N2O. The molecule has 110 valence electrons. The molecule has 3 heteroatoms. The summed E-state index contributed by atoms with van der Waals surface area (Å²) >= 11 is 0. The van der Waals surface area contributed by atoms with Gasteiger partial charge in [0.05, 0.1) is 6.54 Å². The highest BCUT2D eigenvalue weighted by Gasteiger charge is 2.63. The summed E-state index contributed by atoms with van der Waals surface area (Å²) in [5, 5.41) is 3.38. The maximum Gasteiger partial charge on any atom is 0.236 e. The van der Waals surface area contributed by atoms with Crippen molar-refractivity contribution in [3.63, 3.8) is 0 Å². The van der Waals surface area contributed by atoms with Crippen molar-refractivity contribution in [1.29, 1.82) is 0 Å². The molecule has 1 aliphatic heterocycles. The van der Waals surface area contributed by atoms with Crippen molar-refractivity contribution in [2.24, 2.45) is 16.7 Å². The maximum atomic E-state index is 12.1. The average molecular weight is 266 g/mol. The highest BCUT2D eigenvalue weighted by Crippen LogP contribution is 2.67. The Balaban J connectivity index is 1.70. The molecule has 0 bridgehead atoms. The maximum absolute atomic E-state index is 12.1. The lowest BCUT2D eigenvalue weighted by molar-refractivity contribution is -0.130. The standard InChI is InChI=1S/C16H30N2O/c1-15(2)13(16(15,3)4)11-17-12-14(19)18-9-7-5-6-8-10-18/h13,17H,5-12H2,1-4H3. The molecule has 19 heavy (non-hydrogen) atoms. The average Bonchev–Trinajstić information content (AvgIpc) is 2.88. The Kier molecular flexibility index (Phi) is 4.24. The molecule has 0 aromatic carbocycles. The van der Waals surface area contributed by atoms with Crippen LogP contribution in [0.15, 0.2) is 0 Å². The molecular weight excluding hydrogens is 236 g/mol. The molecule has 2 rings (SSSR count). The van der Waals surface area contributed by atoms with Crippen molar-refractivity contribution in [2.45, 2.75) is 53.4 Å². The second-order valence-electron chi connectivity index (χ2n) is 7.42. The summed E-state index contributed by atoms with van der Waals surface area (Å²) in [7, 11) is 0. The van der Waals surface area contributed by atoms with Crippen molar-refractivity contribution >= 4 is 5.91 Å². The largest absolute Gasteiger partial charge is 0.342 e. The third-order valence-electron chi connectivity index (χ3n) is 5.90. The summed E-state index contributed by atoms with van der Waals surface area (Å²) in [6, 6.07) is 0. The number of amides is 1. The van der Waals surface area contributed by atoms with Crippen molar-refractivity contribution in [3.8, 4) is 0 Å². The molecule has 3 nitrogen and oxygen atoms in total. The third-order valence-corrected chi connectivity index (χ3v) is 5.90. The molecule has 0 aromatic rings. The first-order valence-electron chi connectivity index (χ1n) is 7.86. The number of nitrogens with zero attached hydrogens (tertiary/aromatic N) is 1. The predicted molar refractivity (Wildman–Crippen MR) is 79.0 cm³/mol. The molecule has 0 radical (unpaired) electrons. The number of carbonyl (C=O) groups excluding carboxylic acids is 1. The molecule has 0 spiro atoms. The van der Waals surface area contributed by atoms with Gasteiger partial charge in [-0.2, -0.15) is 0 Å². The van der Waals surface area contributed by atoms with Crippen LogP contribution in [0.2, 0.25) is 0 Å². The summed E-state index contributed by atoms with van der Waals surface area (Å²) in [6.07, 6.45) is 4.91. The van der Waals surface area contributed by atoms with Crippen LogP contribution in [0.25, 0.3) is 0 Å². The van der Waals surface area contributed by atoms with E-state index in [1.54, 1.807) is 0 Å². The summed E-state index contributed by atoms with van der Waals surface area (Å²) in [4.78, 5) is 14.2. The van der Waals surface area contributed by atoms with Gasteiger partial charge in [0.15, 0.2) is 0 Å². The minimum absolute atomic E-state index is 0.290. The fourth-order valence-corrected chi connectivity index (χ4v) is 3.60. The van der Waals surface area contributed by atoms with E-state index in [-0.39, 0.29) is 5.91 Å². The van der Waals surface area contributed by atoms with Crippen molar-refractivity contribution in [1.82, 2.24) is 10.2 Å². The molecule has 0 aromatic heterocycles. The smallest absolute Gasteiger partial charge is 0.236 e. The van der Waals surface area contributed by atoms with Crippen molar-refractivity contribution in [2.75, 3.05) is 26.2 Å². The van der Waals surface area contributed by atoms with Crippen molar-refractivity contribution in [3.05, 3.63) is 0 Å². The number of hydrogen-bond donors (Lipinski definition) is 1. The number of nitrogens with one attached hydrogen (secondary N) is 1. The van der Waals surface area contributed by atoms with E-state index >= 15 is 0 Å². The van der Waals surface area contributed by atoms with E-state index in [0.717, 1.165) is 19.6 Å². The summed E-state index contributed by atoms with van der Waals surface area (Å²) in [5.74, 6) is 0.982. The van der Waals surface area contributed by atoms with E-state index in [4.69, 9.17) is 0 Å². The van der Waals surface area contributed by atoms with Gasteiger partial charge in [-0.15, -0.1) is 0 Å². The van der Waals surface area contributed by atoms with Gasteiger partial charge in [0, 0.05) is 13.1 Å². The first kappa shape index (κ1) is 14.8. The first-order chi connectivity index (χ1) is 8.87. The second-order valence-corrected chi connectivity index (χ2v) is 7.42. The predicted octanol–water partition coefficient (Wildman–Crippen LogP) is 2.66. The monoisotopic (exact) mass is 266 g/mol. The molecule has 1 saturated heterocycles. The van der Waals surface area contributed by atoms with Crippen LogP contribution in [0.5, 0.6) is 0 Å². The minimum atomic E-state index is 0.290. The van der Waals surface area contributed by atoms with Gasteiger partial charge in [-0.3, -0.25) is 4.79 Å². The van der Waals surface area contributed by atoms with Crippen molar-refractivity contribution < 1.29 is 4.79 Å². The molecule has 0 unspecified atom stereocenters. The van der Waals surface area contributed by atoms with Crippen LogP contribution in [0.1, 0.15) is 53.4 Å². The normalized spacial score (nSPS) is 26.0. The lowest BCUT2D eigenvalue weighted by Crippen LogP contribution is -2.39. The molecule has 1 aliphatic carbocycles. The molecule has 2 fully saturated rings. The Morgan fingerprint density at radius 1 is 1.05 bits per heavy atom. The van der Waals surface area contributed by atoms with Gasteiger partial charge in [0.2, 0.25) is 5.91 Å². The van der Waals surface area contributed by atoms with E-state index in [9.17, 15) is 4.79 Å². The van der Waals surface area contributed by atoms with E-state index < -0.39 is 0 Å². The van der Waals surface area contributed by atoms with Crippen LogP contribution in [0.3, 0.4) is 0 Å². The van der Waals surface area contributed by atoms with Gasteiger partial charge in [-0.25, -0.2) is 0 Å². The van der Waals surface area contributed by atoms with Crippen LogP contribution < -0.4 is 5.32 Å². The van der Waals surface area contributed by atoms with Gasteiger partial charge in [-0.05, 0) is 36.1 Å². The Bertz CT molecular complexity index is 314. The van der Waals surface area contributed by atoms with Crippen LogP contribution in [-0.2, 0) is 4.79 Å². The first-order valence-corrected chi connectivity index (χ1v) is 7.86. The highest BCUT2D eigenvalue weighted by molar-refractivity contribution is 5.78. The van der Waals surface area contributed by atoms with E-state index in [0.29, 0.717) is 23.3 Å². The topological polar surface area (TPSA) is 32.3 Å². The molecule has 1 heterocycles. The Morgan fingerprint density at radius 2 is 1.58 bits per heavy atom. The fraction of sp³-hybridized carbons (Fsp3) is 0.938. The lowest BCUT2D eigenvalue weighted by atomic mass is 10.0. The number of likely N-dealkylation sites (tertiary alicyclic amines) is 1. The highest BCUT2D eigenvalue weighted by atomic mass is 16.2. The van der Waals surface area contributed by atoms with Crippen LogP contribution in [0, 0.1) is 16.7 Å². The zero-order chi connectivity index (χ0) is 14.1. The van der Waals surface area contributed by atoms with Gasteiger partial charge < -0.3 is 10.2 Å². The zero-order valence-electron chi connectivity index (χ0n) is 13.1. The quantitative estimate of drug-likeness (QED) is 0.848. The van der Waals surface area contributed by atoms with E-state index in [1.165, 1.54) is 25.7 Å². The van der Waals surface area contributed by atoms with Gasteiger partial charge in [-0.1, -0.05) is 40.5 Å². The summed E-state index contributed by atoms with van der Waals surface area (Å²) in [5.41, 5.74) is 0.817. The number of hydrogen-bond acceptors (Lipinski definition) is 2. The third kappa shape index (κ3) is 2.96. The second kappa shape index (κ2) is 5.43. The Morgan fingerprint density at radius 3 is 2.05 bits per heavy atom. The SMILES string of the molecule is CC1(C)C(CNCC(=O)N2CCCCCC2)C1(C)C. The van der Waals surface area contributed by atoms with Gasteiger partial charge in [0.1, 0.15) is 0 Å². The molecule has 2 aliphatic rings.